The molecule has 7 heteroatoms. The van der Waals surface area contributed by atoms with Crippen molar-refractivity contribution in [3.63, 3.8) is 0 Å². The van der Waals surface area contributed by atoms with E-state index in [1.165, 1.54) is 4.90 Å². The molecule has 2 amide bonds. The molecule has 0 saturated carbocycles. The van der Waals surface area contributed by atoms with Crippen LogP contribution in [0.5, 0.6) is 11.5 Å². The van der Waals surface area contributed by atoms with Gasteiger partial charge in [-0.2, -0.15) is 0 Å². The third kappa shape index (κ3) is 4.50. The zero-order valence-electron chi connectivity index (χ0n) is 14.0. The fourth-order valence-corrected chi connectivity index (χ4v) is 3.39. The highest BCUT2D eigenvalue weighted by Crippen LogP contribution is 2.39. The Bertz CT molecular complexity index is 754. The van der Waals surface area contributed by atoms with Gasteiger partial charge in [0.15, 0.2) is 11.5 Å². The molecule has 0 N–H and O–H groups in total. The van der Waals surface area contributed by atoms with Gasteiger partial charge in [0.25, 0.3) is 11.1 Å². The summed E-state index contributed by atoms with van der Waals surface area (Å²) in [4.78, 5) is 25.8. The van der Waals surface area contributed by atoms with Gasteiger partial charge < -0.3 is 9.47 Å². The SMILES string of the molecule is C#CCOc1c(Cl)cc(/C=C2/SC(=O)N(CCC)C2=O)cc1OCC. The maximum absolute atomic E-state index is 12.3. The van der Waals surface area contributed by atoms with E-state index < -0.39 is 0 Å². The lowest BCUT2D eigenvalue weighted by atomic mass is 10.1. The number of amides is 2. The molecule has 132 valence electrons. The van der Waals surface area contributed by atoms with Crippen molar-refractivity contribution < 1.29 is 19.1 Å². The Kier molecular flexibility index (Phi) is 6.80. The molecule has 1 aromatic carbocycles. The minimum Gasteiger partial charge on any atom is -0.490 e. The molecule has 1 aliphatic rings. The molecule has 0 aromatic heterocycles. The van der Waals surface area contributed by atoms with E-state index in [0.29, 0.717) is 46.6 Å². The first-order valence-corrected chi connectivity index (χ1v) is 8.99. The number of benzene rings is 1. The molecule has 0 atom stereocenters. The lowest BCUT2D eigenvalue weighted by Crippen LogP contribution is -2.28. The second-order valence-corrected chi connectivity index (χ2v) is 6.49. The van der Waals surface area contributed by atoms with Crippen molar-refractivity contribution in [3.8, 4) is 23.8 Å². The molecular formula is C18H18ClNO4S. The lowest BCUT2D eigenvalue weighted by molar-refractivity contribution is -0.122. The zero-order chi connectivity index (χ0) is 18.4. The van der Waals surface area contributed by atoms with Gasteiger partial charge in [0.05, 0.1) is 16.5 Å². The first-order valence-electron chi connectivity index (χ1n) is 7.79. The van der Waals surface area contributed by atoms with Crippen LogP contribution < -0.4 is 9.47 Å². The number of hydrogen-bond donors (Lipinski definition) is 0. The van der Waals surface area contributed by atoms with Crippen molar-refractivity contribution in [3.05, 3.63) is 27.6 Å². The standard InChI is InChI=1S/C18H18ClNO4S/c1-4-7-20-17(21)15(25-18(20)22)11-12-9-13(19)16(24-8-5-2)14(10-12)23-6-3/h2,9-11H,4,6-8H2,1,3H3/b15-11+. The smallest absolute Gasteiger partial charge is 0.293 e. The normalized spacial score (nSPS) is 15.6. The van der Waals surface area contributed by atoms with Gasteiger partial charge in [-0.15, -0.1) is 6.42 Å². The van der Waals surface area contributed by atoms with E-state index in [4.69, 9.17) is 27.5 Å². The average Bonchev–Trinajstić information content (AvgIpc) is 2.82. The number of halogens is 1. The largest absolute Gasteiger partial charge is 0.490 e. The summed E-state index contributed by atoms with van der Waals surface area (Å²) in [5.41, 5.74) is 0.642. The van der Waals surface area contributed by atoms with Gasteiger partial charge in [0, 0.05) is 6.54 Å². The van der Waals surface area contributed by atoms with E-state index in [2.05, 4.69) is 5.92 Å². The van der Waals surface area contributed by atoms with Crippen LogP contribution in [0.4, 0.5) is 4.79 Å². The van der Waals surface area contributed by atoms with Crippen LogP contribution in [0.15, 0.2) is 17.0 Å². The topological polar surface area (TPSA) is 55.8 Å². The summed E-state index contributed by atoms with van der Waals surface area (Å²) in [5.74, 6) is 2.87. The van der Waals surface area contributed by atoms with Crippen LogP contribution >= 0.6 is 23.4 Å². The Morgan fingerprint density at radius 3 is 2.72 bits per heavy atom. The minimum atomic E-state index is -0.293. The van der Waals surface area contributed by atoms with Crippen LogP contribution in [0.3, 0.4) is 0 Å². The van der Waals surface area contributed by atoms with Crippen molar-refractivity contribution in [2.24, 2.45) is 0 Å². The molecule has 1 fully saturated rings. The maximum atomic E-state index is 12.3. The van der Waals surface area contributed by atoms with Crippen LogP contribution in [0.1, 0.15) is 25.8 Å². The fourth-order valence-electron chi connectivity index (χ4n) is 2.26. The monoisotopic (exact) mass is 379 g/mol. The van der Waals surface area contributed by atoms with Gasteiger partial charge in [-0.1, -0.05) is 24.4 Å². The van der Waals surface area contributed by atoms with Gasteiger partial charge in [-0.25, -0.2) is 0 Å². The molecule has 0 spiro atoms. The Balaban J connectivity index is 2.35. The minimum absolute atomic E-state index is 0.0645. The second kappa shape index (κ2) is 8.84. The Labute approximate surface area is 156 Å². The van der Waals surface area contributed by atoms with Crippen LogP contribution in [-0.2, 0) is 4.79 Å². The summed E-state index contributed by atoms with van der Waals surface area (Å²) in [6.07, 6.45) is 7.55. The third-order valence-electron chi connectivity index (χ3n) is 3.25. The van der Waals surface area contributed by atoms with Crippen LogP contribution in [0.25, 0.3) is 6.08 Å². The Morgan fingerprint density at radius 1 is 1.32 bits per heavy atom. The number of carbonyl (C=O) groups excluding carboxylic acids is 2. The predicted molar refractivity (Wildman–Crippen MR) is 99.9 cm³/mol. The molecule has 0 aliphatic carbocycles. The molecule has 0 radical (unpaired) electrons. The summed E-state index contributed by atoms with van der Waals surface area (Å²) in [6, 6.07) is 3.35. The van der Waals surface area contributed by atoms with Crippen molar-refractivity contribution in [2.45, 2.75) is 20.3 Å². The molecule has 0 bridgehead atoms. The lowest BCUT2D eigenvalue weighted by Gasteiger charge is -2.13. The highest BCUT2D eigenvalue weighted by molar-refractivity contribution is 8.18. The maximum Gasteiger partial charge on any atom is 0.293 e. The molecule has 0 unspecified atom stereocenters. The highest BCUT2D eigenvalue weighted by Gasteiger charge is 2.34. The fraction of sp³-hybridized carbons (Fsp3) is 0.333. The van der Waals surface area contributed by atoms with Crippen LogP contribution in [0, 0.1) is 12.3 Å². The third-order valence-corrected chi connectivity index (χ3v) is 4.44. The molecule has 25 heavy (non-hydrogen) atoms. The van der Waals surface area contributed by atoms with Crippen molar-refractivity contribution in [1.82, 2.24) is 4.90 Å². The van der Waals surface area contributed by atoms with Crippen molar-refractivity contribution in [1.29, 1.82) is 0 Å². The first kappa shape index (κ1) is 19.2. The summed E-state index contributed by atoms with van der Waals surface area (Å²) >= 11 is 7.18. The van der Waals surface area contributed by atoms with Gasteiger partial charge in [0.1, 0.15) is 6.61 Å². The van der Waals surface area contributed by atoms with E-state index in [9.17, 15) is 9.59 Å². The quantitative estimate of drug-likeness (QED) is 0.525. The number of ether oxygens (including phenoxy) is 2. The summed E-state index contributed by atoms with van der Waals surface area (Å²) in [5, 5.41) is 0.0587. The van der Waals surface area contributed by atoms with Gasteiger partial charge in [-0.3, -0.25) is 14.5 Å². The molecular weight excluding hydrogens is 362 g/mol. The Hall–Kier alpha value is -2.10. The first-order chi connectivity index (χ1) is 12.0. The summed E-state index contributed by atoms with van der Waals surface area (Å²) in [7, 11) is 0. The van der Waals surface area contributed by atoms with E-state index in [-0.39, 0.29) is 17.8 Å². The van der Waals surface area contributed by atoms with Crippen molar-refractivity contribution in [2.75, 3.05) is 19.8 Å². The number of carbonyl (C=O) groups is 2. The molecule has 1 aromatic rings. The molecule has 5 nitrogen and oxygen atoms in total. The van der Waals surface area contributed by atoms with E-state index in [1.54, 1.807) is 18.2 Å². The number of thioether (sulfide) groups is 1. The highest BCUT2D eigenvalue weighted by atomic mass is 35.5. The molecule has 1 saturated heterocycles. The van der Waals surface area contributed by atoms with E-state index in [0.717, 1.165) is 11.8 Å². The van der Waals surface area contributed by atoms with Gasteiger partial charge in [-0.05, 0) is 48.9 Å². The number of rotatable bonds is 7. The molecule has 2 rings (SSSR count). The summed E-state index contributed by atoms with van der Waals surface area (Å²) < 4.78 is 11.0. The summed E-state index contributed by atoms with van der Waals surface area (Å²) in [6.45, 7) is 4.64. The second-order valence-electron chi connectivity index (χ2n) is 5.09. The number of imide groups is 1. The van der Waals surface area contributed by atoms with Crippen LogP contribution in [0.2, 0.25) is 5.02 Å². The molecule has 1 heterocycles. The zero-order valence-corrected chi connectivity index (χ0v) is 15.6. The van der Waals surface area contributed by atoms with Crippen LogP contribution in [-0.4, -0.2) is 35.8 Å². The number of nitrogens with zero attached hydrogens (tertiary/aromatic N) is 1. The Morgan fingerprint density at radius 2 is 2.08 bits per heavy atom. The van der Waals surface area contributed by atoms with Crippen molar-refractivity contribution >= 4 is 40.6 Å². The average molecular weight is 380 g/mol. The number of hydrogen-bond acceptors (Lipinski definition) is 5. The van der Waals surface area contributed by atoms with E-state index >= 15 is 0 Å². The number of terminal acetylenes is 1. The predicted octanol–water partition coefficient (Wildman–Crippen LogP) is 4.20. The van der Waals surface area contributed by atoms with Gasteiger partial charge >= 0.3 is 0 Å². The molecule has 1 aliphatic heterocycles. The van der Waals surface area contributed by atoms with Gasteiger partial charge in [0.2, 0.25) is 0 Å². The van der Waals surface area contributed by atoms with E-state index in [1.807, 2.05) is 13.8 Å².